The Morgan fingerprint density at radius 3 is 2.53 bits per heavy atom. The van der Waals surface area contributed by atoms with Crippen LogP contribution in [0, 0.1) is 25.2 Å². The van der Waals surface area contributed by atoms with Gasteiger partial charge in [0.25, 0.3) is 5.56 Å². The van der Waals surface area contributed by atoms with Crippen molar-refractivity contribution in [2.24, 2.45) is 7.05 Å². The van der Waals surface area contributed by atoms with Crippen molar-refractivity contribution >= 4 is 28.5 Å². The van der Waals surface area contributed by atoms with Gasteiger partial charge in [0, 0.05) is 18.0 Å². The molecule has 0 unspecified atom stereocenters. The first-order valence-corrected chi connectivity index (χ1v) is 12.2. The number of fused-ring (bicyclic) bond motifs is 1. The van der Waals surface area contributed by atoms with Gasteiger partial charge in [0.05, 0.1) is 41.2 Å². The molecule has 0 saturated heterocycles. The molecule has 194 valence electrons. The molecule has 0 aliphatic carbocycles. The van der Waals surface area contributed by atoms with Crippen LogP contribution >= 0.6 is 0 Å². The normalized spacial score (nSPS) is 11.9. The number of allylic oxidation sites excluding steroid dienone is 1. The molecule has 0 radical (unpaired) electrons. The number of hydrogen-bond donors (Lipinski definition) is 2. The van der Waals surface area contributed by atoms with Gasteiger partial charge in [-0.2, -0.15) is 15.5 Å². The molecule has 2 aromatic heterocycles. The summed E-state index contributed by atoms with van der Waals surface area (Å²) < 4.78 is 7.02. The SMILES string of the molecule is Cc1cc(C)cc(/C(C#N)=C/c2c(-c3ccc4c(=O)[nH]nc(CNC(=O)OC(C)(C)C)c4c3)cnn2C)c1. The molecule has 9 nitrogen and oxygen atoms in total. The number of nitrogens with one attached hydrogen (secondary N) is 2. The molecular formula is C29H30N6O3. The van der Waals surface area contributed by atoms with Gasteiger partial charge >= 0.3 is 6.09 Å². The minimum absolute atomic E-state index is 0.0662. The number of alkyl carbamates (subject to hydrolysis) is 1. The van der Waals surface area contributed by atoms with E-state index in [2.05, 4.69) is 32.7 Å². The Bertz CT molecular complexity index is 1640. The zero-order valence-electron chi connectivity index (χ0n) is 22.3. The third kappa shape index (κ3) is 5.81. The fourth-order valence-electron chi connectivity index (χ4n) is 4.28. The number of amides is 1. The van der Waals surface area contributed by atoms with Crippen LogP contribution in [0.1, 0.15) is 48.8 Å². The Labute approximate surface area is 220 Å². The van der Waals surface area contributed by atoms with Gasteiger partial charge in [-0.1, -0.05) is 35.4 Å². The smallest absolute Gasteiger partial charge is 0.407 e. The van der Waals surface area contributed by atoms with E-state index in [4.69, 9.17) is 4.74 Å². The summed E-state index contributed by atoms with van der Waals surface area (Å²) in [5, 5.41) is 24.8. The van der Waals surface area contributed by atoms with Gasteiger partial charge in [0.15, 0.2) is 0 Å². The molecule has 0 spiro atoms. The molecule has 1 amide bonds. The summed E-state index contributed by atoms with van der Waals surface area (Å²) in [6.45, 7) is 9.41. The van der Waals surface area contributed by atoms with E-state index >= 15 is 0 Å². The maximum absolute atomic E-state index is 12.5. The Kier molecular flexibility index (Phi) is 7.17. The van der Waals surface area contributed by atoms with Gasteiger partial charge in [-0.25, -0.2) is 9.89 Å². The molecule has 0 saturated carbocycles. The van der Waals surface area contributed by atoms with E-state index in [9.17, 15) is 14.9 Å². The summed E-state index contributed by atoms with van der Waals surface area (Å²) in [7, 11) is 1.81. The summed E-state index contributed by atoms with van der Waals surface area (Å²) in [6, 6.07) is 13.7. The van der Waals surface area contributed by atoms with Crippen LogP contribution in [0.25, 0.3) is 33.5 Å². The van der Waals surface area contributed by atoms with Crippen LogP contribution in [0.3, 0.4) is 0 Å². The number of rotatable bonds is 5. The van der Waals surface area contributed by atoms with Crippen LogP contribution in [0.4, 0.5) is 4.79 Å². The van der Waals surface area contributed by atoms with Crippen molar-refractivity contribution < 1.29 is 9.53 Å². The van der Waals surface area contributed by atoms with Crippen LogP contribution in [-0.4, -0.2) is 31.7 Å². The molecule has 0 aliphatic rings. The van der Waals surface area contributed by atoms with E-state index in [1.807, 2.05) is 51.2 Å². The number of nitriles is 1. The van der Waals surface area contributed by atoms with Gasteiger partial charge in [0.1, 0.15) is 5.60 Å². The Hall–Kier alpha value is -4.71. The number of ether oxygens (including phenoxy) is 1. The summed E-state index contributed by atoms with van der Waals surface area (Å²) in [4.78, 5) is 24.7. The van der Waals surface area contributed by atoms with Crippen molar-refractivity contribution in [1.82, 2.24) is 25.3 Å². The summed E-state index contributed by atoms with van der Waals surface area (Å²) in [5.41, 5.74) is 5.34. The standard InChI is InChI=1S/C29H30N6O3/c1-17-9-18(2)11-20(10-17)21(14-30)13-26-24(15-32-35(26)6)19-7-8-22-23(12-19)25(33-34-27(22)36)16-31-28(37)38-29(3,4)5/h7-13,15H,16H2,1-6H3,(H,31,37)(H,34,36)/b21-13+. The third-order valence-electron chi connectivity index (χ3n) is 5.90. The number of carbonyl (C=O) groups is 1. The van der Waals surface area contributed by atoms with Crippen LogP contribution in [-0.2, 0) is 18.3 Å². The zero-order chi connectivity index (χ0) is 27.6. The Balaban J connectivity index is 1.76. The monoisotopic (exact) mass is 510 g/mol. The molecule has 2 N–H and O–H groups in total. The van der Waals surface area contributed by atoms with Crippen LogP contribution in [0.15, 0.2) is 47.4 Å². The predicted octanol–water partition coefficient (Wildman–Crippen LogP) is 5.03. The lowest BCUT2D eigenvalue weighted by molar-refractivity contribution is 0.0523. The second-order valence-electron chi connectivity index (χ2n) is 10.2. The molecule has 2 aromatic carbocycles. The highest BCUT2D eigenvalue weighted by Crippen LogP contribution is 2.30. The predicted molar refractivity (Wildman–Crippen MR) is 147 cm³/mol. The summed E-state index contributed by atoms with van der Waals surface area (Å²) in [6.07, 6.45) is 2.97. The van der Waals surface area contributed by atoms with Crippen LogP contribution in [0.2, 0.25) is 0 Å². The first-order valence-electron chi connectivity index (χ1n) is 12.2. The van der Waals surface area contributed by atoms with Crippen molar-refractivity contribution in [3.05, 3.63) is 81.0 Å². The zero-order valence-corrected chi connectivity index (χ0v) is 22.3. The molecule has 0 aliphatic heterocycles. The first kappa shape index (κ1) is 26.4. The molecule has 0 atom stereocenters. The van der Waals surface area contributed by atoms with Crippen molar-refractivity contribution in [1.29, 1.82) is 5.26 Å². The number of carbonyl (C=O) groups excluding carboxylic acids is 1. The fraction of sp³-hybridized carbons (Fsp3) is 0.276. The maximum Gasteiger partial charge on any atom is 0.407 e. The highest BCUT2D eigenvalue weighted by Gasteiger charge is 2.18. The van der Waals surface area contributed by atoms with Gasteiger partial charge in [-0.3, -0.25) is 9.48 Å². The van der Waals surface area contributed by atoms with Crippen LogP contribution < -0.4 is 10.9 Å². The number of aryl methyl sites for hydroxylation is 3. The van der Waals surface area contributed by atoms with E-state index in [0.29, 0.717) is 22.0 Å². The average molecular weight is 511 g/mol. The van der Waals surface area contributed by atoms with Gasteiger partial charge in [-0.05, 0) is 64.0 Å². The number of nitrogens with zero attached hydrogens (tertiary/aromatic N) is 4. The fourth-order valence-corrected chi connectivity index (χ4v) is 4.28. The minimum Gasteiger partial charge on any atom is -0.444 e. The van der Waals surface area contributed by atoms with Crippen molar-refractivity contribution in [2.45, 2.75) is 46.8 Å². The lowest BCUT2D eigenvalue weighted by Crippen LogP contribution is -2.32. The third-order valence-corrected chi connectivity index (χ3v) is 5.90. The highest BCUT2D eigenvalue weighted by atomic mass is 16.6. The molecule has 4 rings (SSSR count). The second-order valence-corrected chi connectivity index (χ2v) is 10.2. The molecule has 9 heteroatoms. The van der Waals surface area contributed by atoms with E-state index in [-0.39, 0.29) is 12.1 Å². The van der Waals surface area contributed by atoms with E-state index < -0.39 is 11.7 Å². The largest absolute Gasteiger partial charge is 0.444 e. The van der Waals surface area contributed by atoms with Crippen LogP contribution in [0.5, 0.6) is 0 Å². The second kappa shape index (κ2) is 10.3. The summed E-state index contributed by atoms with van der Waals surface area (Å²) in [5.74, 6) is 0. The Morgan fingerprint density at radius 1 is 1.16 bits per heavy atom. The van der Waals surface area contributed by atoms with E-state index in [1.165, 1.54) is 0 Å². The van der Waals surface area contributed by atoms with Crippen molar-refractivity contribution in [3.63, 3.8) is 0 Å². The van der Waals surface area contributed by atoms with Gasteiger partial charge in [-0.15, -0.1) is 0 Å². The lowest BCUT2D eigenvalue weighted by Gasteiger charge is -2.19. The number of hydrogen-bond acceptors (Lipinski definition) is 6. The molecule has 4 aromatic rings. The summed E-state index contributed by atoms with van der Waals surface area (Å²) >= 11 is 0. The lowest BCUT2D eigenvalue weighted by atomic mass is 9.98. The van der Waals surface area contributed by atoms with Gasteiger partial charge in [0.2, 0.25) is 0 Å². The molecule has 38 heavy (non-hydrogen) atoms. The van der Waals surface area contributed by atoms with E-state index in [0.717, 1.165) is 33.5 Å². The number of aromatic nitrogens is 4. The minimum atomic E-state index is -0.637. The highest BCUT2D eigenvalue weighted by molar-refractivity contribution is 5.94. The number of benzene rings is 2. The average Bonchev–Trinajstić information content (AvgIpc) is 3.20. The topological polar surface area (TPSA) is 126 Å². The number of aromatic amines is 1. The quantitative estimate of drug-likeness (QED) is 0.363. The Morgan fingerprint density at radius 2 is 1.87 bits per heavy atom. The van der Waals surface area contributed by atoms with Crippen molar-refractivity contribution in [3.8, 4) is 17.2 Å². The first-order chi connectivity index (χ1) is 17.9. The van der Waals surface area contributed by atoms with Crippen molar-refractivity contribution in [2.75, 3.05) is 0 Å². The van der Waals surface area contributed by atoms with E-state index in [1.54, 1.807) is 37.7 Å². The molecule has 0 bridgehead atoms. The maximum atomic E-state index is 12.5. The molecular weight excluding hydrogens is 480 g/mol. The van der Waals surface area contributed by atoms with Gasteiger partial charge < -0.3 is 10.1 Å². The molecule has 0 fully saturated rings. The number of H-pyrrole nitrogens is 1. The molecule has 2 heterocycles.